The van der Waals surface area contributed by atoms with Crippen LogP contribution in [0.25, 0.3) is 0 Å². The summed E-state index contributed by atoms with van der Waals surface area (Å²) < 4.78 is 5.53. The van der Waals surface area contributed by atoms with E-state index < -0.39 is 5.60 Å². The minimum Gasteiger partial charge on any atom is -0.443 e. The number of anilines is 1. The molecule has 0 fully saturated rings. The number of ether oxygens (including phenoxy) is 1. The van der Waals surface area contributed by atoms with Gasteiger partial charge < -0.3 is 15.8 Å². The molecule has 1 amide bonds. The molecule has 0 saturated heterocycles. The van der Waals surface area contributed by atoms with Gasteiger partial charge in [-0.1, -0.05) is 18.2 Å². The Morgan fingerprint density at radius 2 is 2.18 bits per heavy atom. The van der Waals surface area contributed by atoms with Crippen LogP contribution in [0.1, 0.15) is 38.3 Å². The minimum atomic E-state index is -0.478. The van der Waals surface area contributed by atoms with Crippen molar-refractivity contribution in [1.29, 1.82) is 0 Å². The summed E-state index contributed by atoms with van der Waals surface area (Å²) in [6.07, 6.45) is 1.57. The normalized spacial score (nSPS) is 14.1. The van der Waals surface area contributed by atoms with E-state index in [0.29, 0.717) is 13.1 Å². The Morgan fingerprint density at radius 1 is 1.41 bits per heavy atom. The van der Waals surface area contributed by atoms with Crippen molar-refractivity contribution in [3.8, 4) is 0 Å². The third-order valence-corrected chi connectivity index (χ3v) is 3.56. The molecule has 1 heterocycles. The first-order valence-electron chi connectivity index (χ1n) is 7.94. The standard InChI is InChI=1S/C17H27N3O2/c1-17(2,3)22-16(21)20-11-8-13-6-4-7-14(15(13)20)12-19-10-5-9-18/h4,6-7,19H,5,8-12,18H2,1-3H3. The highest BCUT2D eigenvalue weighted by Crippen LogP contribution is 2.33. The predicted molar refractivity (Wildman–Crippen MR) is 89.1 cm³/mol. The van der Waals surface area contributed by atoms with Gasteiger partial charge in [0, 0.05) is 13.1 Å². The van der Waals surface area contributed by atoms with Gasteiger partial charge in [0.05, 0.1) is 5.69 Å². The van der Waals surface area contributed by atoms with Crippen LogP contribution in [0.2, 0.25) is 0 Å². The Kier molecular flexibility index (Phi) is 5.42. The Morgan fingerprint density at radius 3 is 2.86 bits per heavy atom. The highest BCUT2D eigenvalue weighted by Gasteiger charge is 2.30. The summed E-state index contributed by atoms with van der Waals surface area (Å²) in [6, 6.07) is 6.21. The molecule has 0 saturated carbocycles. The van der Waals surface area contributed by atoms with Crippen molar-refractivity contribution in [2.24, 2.45) is 5.73 Å². The number of carbonyl (C=O) groups excluding carboxylic acids is 1. The van der Waals surface area contributed by atoms with Crippen molar-refractivity contribution in [3.05, 3.63) is 29.3 Å². The van der Waals surface area contributed by atoms with Gasteiger partial charge in [0.1, 0.15) is 5.60 Å². The number of para-hydroxylation sites is 1. The maximum absolute atomic E-state index is 12.4. The van der Waals surface area contributed by atoms with Crippen LogP contribution in [0.5, 0.6) is 0 Å². The molecule has 2 rings (SSSR count). The van der Waals surface area contributed by atoms with Crippen LogP contribution in [0.4, 0.5) is 10.5 Å². The summed E-state index contributed by atoms with van der Waals surface area (Å²) in [7, 11) is 0. The zero-order chi connectivity index (χ0) is 16.2. The molecule has 1 aliphatic heterocycles. The average Bonchev–Trinajstić information content (AvgIpc) is 2.86. The number of benzene rings is 1. The van der Waals surface area contributed by atoms with Gasteiger partial charge in [-0.2, -0.15) is 0 Å². The summed E-state index contributed by atoms with van der Waals surface area (Å²) >= 11 is 0. The van der Waals surface area contributed by atoms with E-state index in [1.54, 1.807) is 4.90 Å². The first-order valence-corrected chi connectivity index (χ1v) is 7.94. The summed E-state index contributed by atoms with van der Waals surface area (Å²) in [6.45, 7) is 8.66. The molecule has 22 heavy (non-hydrogen) atoms. The molecule has 5 nitrogen and oxygen atoms in total. The van der Waals surface area contributed by atoms with Gasteiger partial charge in [-0.05, 0) is 57.8 Å². The minimum absolute atomic E-state index is 0.263. The smallest absolute Gasteiger partial charge is 0.414 e. The number of nitrogens with two attached hydrogens (primary N) is 1. The number of fused-ring (bicyclic) bond motifs is 1. The van der Waals surface area contributed by atoms with Gasteiger partial charge in [-0.3, -0.25) is 4.90 Å². The first-order chi connectivity index (χ1) is 10.4. The number of hydrogen-bond donors (Lipinski definition) is 2. The van der Waals surface area contributed by atoms with Crippen LogP contribution >= 0.6 is 0 Å². The second-order valence-corrected chi connectivity index (χ2v) is 6.63. The largest absolute Gasteiger partial charge is 0.443 e. The average molecular weight is 305 g/mol. The summed E-state index contributed by atoms with van der Waals surface area (Å²) in [5, 5.41) is 3.38. The summed E-state index contributed by atoms with van der Waals surface area (Å²) in [5.74, 6) is 0. The summed E-state index contributed by atoms with van der Waals surface area (Å²) in [4.78, 5) is 14.2. The lowest BCUT2D eigenvalue weighted by atomic mass is 10.1. The van der Waals surface area contributed by atoms with Gasteiger partial charge in [0.15, 0.2) is 0 Å². The van der Waals surface area contributed by atoms with Gasteiger partial charge in [-0.15, -0.1) is 0 Å². The van der Waals surface area contributed by atoms with E-state index in [1.807, 2.05) is 20.8 Å². The molecule has 0 aliphatic carbocycles. The Hall–Kier alpha value is -1.59. The molecule has 5 heteroatoms. The number of nitrogens with zero attached hydrogens (tertiary/aromatic N) is 1. The van der Waals surface area contributed by atoms with E-state index in [-0.39, 0.29) is 6.09 Å². The van der Waals surface area contributed by atoms with E-state index in [1.165, 1.54) is 5.56 Å². The van der Waals surface area contributed by atoms with Gasteiger partial charge >= 0.3 is 6.09 Å². The zero-order valence-electron chi connectivity index (χ0n) is 13.8. The zero-order valence-corrected chi connectivity index (χ0v) is 13.8. The molecule has 0 atom stereocenters. The van der Waals surface area contributed by atoms with Crippen molar-refractivity contribution < 1.29 is 9.53 Å². The Labute approximate surface area is 132 Å². The van der Waals surface area contributed by atoms with Crippen molar-refractivity contribution in [2.75, 3.05) is 24.5 Å². The fraction of sp³-hybridized carbons (Fsp3) is 0.588. The molecule has 1 aromatic rings. The Bertz CT molecular complexity index is 523. The van der Waals surface area contributed by atoms with Crippen LogP contribution < -0.4 is 16.0 Å². The quantitative estimate of drug-likeness (QED) is 0.820. The van der Waals surface area contributed by atoms with Gasteiger partial charge in [0.2, 0.25) is 0 Å². The first kappa shape index (κ1) is 16.8. The van der Waals surface area contributed by atoms with Crippen molar-refractivity contribution >= 4 is 11.8 Å². The van der Waals surface area contributed by atoms with E-state index in [9.17, 15) is 4.79 Å². The molecule has 0 radical (unpaired) electrons. The van der Waals surface area contributed by atoms with Crippen LogP contribution in [0.15, 0.2) is 18.2 Å². The number of nitrogens with one attached hydrogen (secondary N) is 1. The van der Waals surface area contributed by atoms with Crippen LogP contribution in [-0.4, -0.2) is 31.3 Å². The molecule has 0 aromatic heterocycles. The molecule has 3 N–H and O–H groups in total. The van der Waals surface area contributed by atoms with Crippen LogP contribution in [0.3, 0.4) is 0 Å². The molecule has 0 bridgehead atoms. The van der Waals surface area contributed by atoms with Gasteiger partial charge in [0.25, 0.3) is 0 Å². The molecule has 0 unspecified atom stereocenters. The number of rotatable bonds is 5. The Balaban J connectivity index is 2.12. The second-order valence-electron chi connectivity index (χ2n) is 6.63. The van der Waals surface area contributed by atoms with E-state index in [4.69, 9.17) is 10.5 Å². The van der Waals surface area contributed by atoms with E-state index >= 15 is 0 Å². The van der Waals surface area contributed by atoms with E-state index in [2.05, 4.69) is 23.5 Å². The molecule has 1 aliphatic rings. The number of amides is 1. The lowest BCUT2D eigenvalue weighted by Gasteiger charge is -2.26. The molecular formula is C17H27N3O2. The fourth-order valence-electron chi connectivity index (χ4n) is 2.63. The maximum Gasteiger partial charge on any atom is 0.414 e. The topological polar surface area (TPSA) is 67.6 Å². The second kappa shape index (κ2) is 7.11. The van der Waals surface area contributed by atoms with Crippen molar-refractivity contribution in [2.45, 2.75) is 45.8 Å². The van der Waals surface area contributed by atoms with Gasteiger partial charge in [-0.25, -0.2) is 4.79 Å². The van der Waals surface area contributed by atoms with Crippen LogP contribution in [-0.2, 0) is 17.7 Å². The van der Waals surface area contributed by atoms with Crippen LogP contribution in [0, 0.1) is 0 Å². The lowest BCUT2D eigenvalue weighted by molar-refractivity contribution is 0.0583. The molecule has 122 valence electrons. The predicted octanol–water partition coefficient (Wildman–Crippen LogP) is 2.42. The molecule has 1 aromatic carbocycles. The van der Waals surface area contributed by atoms with E-state index in [0.717, 1.165) is 37.2 Å². The van der Waals surface area contributed by atoms with Crippen molar-refractivity contribution in [1.82, 2.24) is 5.32 Å². The maximum atomic E-state index is 12.4. The fourth-order valence-corrected chi connectivity index (χ4v) is 2.63. The monoisotopic (exact) mass is 305 g/mol. The molecular weight excluding hydrogens is 278 g/mol. The SMILES string of the molecule is CC(C)(C)OC(=O)N1CCc2cccc(CNCCCN)c21. The third-order valence-electron chi connectivity index (χ3n) is 3.56. The lowest BCUT2D eigenvalue weighted by Crippen LogP contribution is -2.36. The highest BCUT2D eigenvalue weighted by atomic mass is 16.6. The van der Waals surface area contributed by atoms with Crippen molar-refractivity contribution in [3.63, 3.8) is 0 Å². The number of hydrogen-bond acceptors (Lipinski definition) is 4. The number of carbonyl (C=O) groups is 1. The third kappa shape index (κ3) is 4.21. The highest BCUT2D eigenvalue weighted by molar-refractivity contribution is 5.91. The summed E-state index contributed by atoms with van der Waals surface area (Å²) in [5.41, 5.74) is 8.39. The molecule has 0 spiro atoms.